The van der Waals surface area contributed by atoms with Crippen molar-refractivity contribution in [1.82, 2.24) is 0 Å². The zero-order valence-corrected chi connectivity index (χ0v) is 29.1. The molecule has 0 aromatic rings. The Labute approximate surface area is 210 Å². The summed E-state index contributed by atoms with van der Waals surface area (Å²) in [5.41, 5.74) is 0. The second-order valence-corrected chi connectivity index (χ2v) is 34.9. The third kappa shape index (κ3) is 4.15. The van der Waals surface area contributed by atoms with E-state index in [2.05, 4.69) is 0 Å². The molecule has 6 aliphatic rings. The zero-order valence-electron chi connectivity index (χ0n) is 21.1. The van der Waals surface area contributed by atoms with E-state index in [-0.39, 0.29) is 0 Å². The summed E-state index contributed by atoms with van der Waals surface area (Å²) >= 11 is 0. The summed E-state index contributed by atoms with van der Waals surface area (Å²) < 4.78 is 82.2. The molecule has 0 amide bonds. The van der Waals surface area contributed by atoms with Crippen LogP contribution in [0.3, 0.4) is 0 Å². The van der Waals surface area contributed by atoms with E-state index in [1.807, 2.05) is 54.6 Å². The lowest BCUT2D eigenvalue weighted by Crippen LogP contribution is -2.87. The molecule has 0 N–H and O–H groups in total. The molecule has 6 aliphatic heterocycles. The molecular formula is C14H36O12Si8. The van der Waals surface area contributed by atoms with Crippen molar-refractivity contribution in [3.05, 3.63) is 0 Å². The lowest BCUT2D eigenvalue weighted by atomic mass is 11.0. The highest BCUT2D eigenvalue weighted by atomic mass is 28.6. The van der Waals surface area contributed by atoms with E-state index in [0.29, 0.717) is 36.3 Å². The fourth-order valence-electron chi connectivity index (χ4n) is 4.92. The van der Waals surface area contributed by atoms with Crippen molar-refractivity contribution >= 4 is 70.4 Å². The Morgan fingerprint density at radius 3 is 0.618 bits per heavy atom. The molecule has 0 unspecified atom stereocenters. The Bertz CT molecular complexity index is 745. The van der Waals surface area contributed by atoms with Crippen LogP contribution >= 0.6 is 0 Å². The first-order valence-corrected chi connectivity index (χ1v) is 28.3. The van der Waals surface area contributed by atoms with Crippen molar-refractivity contribution in [2.24, 2.45) is 0 Å². The topological polar surface area (TPSA) is 111 Å². The Morgan fingerprint density at radius 2 is 0.441 bits per heavy atom. The van der Waals surface area contributed by atoms with Crippen molar-refractivity contribution < 1.29 is 49.4 Å². The smallest absolute Gasteiger partial charge is 0.373 e. The van der Waals surface area contributed by atoms with Crippen LogP contribution in [-0.4, -0.2) is 70.4 Å². The summed E-state index contributed by atoms with van der Waals surface area (Å²) in [6.45, 7) is 15.5. The predicted molar refractivity (Wildman–Crippen MR) is 134 cm³/mol. The average molecular weight is 621 g/mol. The summed E-state index contributed by atoms with van der Waals surface area (Å²) in [7, 11) is -27.9. The van der Waals surface area contributed by atoms with Crippen LogP contribution in [0.5, 0.6) is 0 Å². The molecule has 6 saturated heterocycles. The van der Waals surface area contributed by atoms with Crippen LogP contribution in [0.15, 0.2) is 0 Å². The number of hydrogen-bond donors (Lipinski definition) is 0. The molecule has 0 atom stereocenters. The van der Waals surface area contributed by atoms with Gasteiger partial charge in [-0.2, -0.15) is 0 Å². The van der Waals surface area contributed by atoms with E-state index in [4.69, 9.17) is 49.4 Å². The van der Waals surface area contributed by atoms with Gasteiger partial charge in [-0.15, -0.1) is 0 Å². The van der Waals surface area contributed by atoms with Crippen LogP contribution in [0.4, 0.5) is 0 Å². The van der Waals surface area contributed by atoms with Crippen LogP contribution in [0.1, 0.15) is 41.5 Å². The van der Waals surface area contributed by atoms with E-state index in [1.165, 1.54) is 0 Å². The molecule has 0 aliphatic carbocycles. The maximum Gasteiger partial charge on any atom is 0.478 e. The monoisotopic (exact) mass is 620 g/mol. The van der Waals surface area contributed by atoms with Gasteiger partial charge >= 0.3 is 70.4 Å². The SMILES string of the molecule is CC[Si]12O[Si]3(C)O[Si]4(CC)O[Si](C)(O1)O[Si]1(CC)O[Si](CC)(O2)O[Si](CC)(O3)O[Si](CC)(O4)O1. The van der Waals surface area contributed by atoms with Gasteiger partial charge in [-0.25, -0.2) is 0 Å². The molecule has 196 valence electrons. The molecule has 0 radical (unpaired) electrons. The lowest BCUT2D eigenvalue weighted by Gasteiger charge is -2.62. The van der Waals surface area contributed by atoms with Crippen LogP contribution < -0.4 is 0 Å². The van der Waals surface area contributed by atoms with Crippen molar-refractivity contribution in [2.75, 3.05) is 0 Å². The molecule has 8 bridgehead atoms. The third-order valence-corrected chi connectivity index (χ3v) is 43.0. The normalized spacial score (nSPS) is 56.5. The quantitative estimate of drug-likeness (QED) is 0.407. The Balaban J connectivity index is 1.84. The van der Waals surface area contributed by atoms with Crippen LogP contribution in [-0.2, 0) is 49.4 Å². The minimum absolute atomic E-state index is 0.456. The highest BCUT2D eigenvalue weighted by Gasteiger charge is 2.80. The molecule has 6 fully saturated rings. The maximum absolute atomic E-state index is 6.91. The zero-order chi connectivity index (χ0) is 24.7. The summed E-state index contributed by atoms with van der Waals surface area (Å²) in [6.07, 6.45) is 0. The largest absolute Gasteiger partial charge is 0.478 e. The molecule has 12 nitrogen and oxygen atoms in total. The second-order valence-electron chi connectivity index (χ2n) is 9.17. The summed E-state index contributed by atoms with van der Waals surface area (Å²) in [4.78, 5) is 0. The molecule has 0 aromatic carbocycles. The number of hydrogen-bond acceptors (Lipinski definition) is 12. The molecule has 34 heavy (non-hydrogen) atoms. The highest BCUT2D eigenvalue weighted by molar-refractivity contribution is 7.03. The first kappa shape index (κ1) is 26.8. The second kappa shape index (κ2) is 8.38. The molecular weight excluding hydrogens is 585 g/mol. The molecule has 0 aromatic heterocycles. The highest BCUT2D eigenvalue weighted by Crippen LogP contribution is 2.51. The summed E-state index contributed by atoms with van der Waals surface area (Å²) in [6, 6.07) is 2.76. The maximum atomic E-state index is 6.91. The Kier molecular flexibility index (Phi) is 6.61. The van der Waals surface area contributed by atoms with E-state index in [0.717, 1.165) is 0 Å². The van der Waals surface area contributed by atoms with Crippen LogP contribution in [0.25, 0.3) is 0 Å². The van der Waals surface area contributed by atoms with Gasteiger partial charge in [0.15, 0.2) is 0 Å². The Morgan fingerprint density at radius 1 is 0.294 bits per heavy atom. The van der Waals surface area contributed by atoms with Gasteiger partial charge in [0, 0.05) is 49.4 Å². The predicted octanol–water partition coefficient (Wildman–Crippen LogP) is 3.14. The van der Waals surface area contributed by atoms with Crippen LogP contribution in [0, 0.1) is 0 Å². The van der Waals surface area contributed by atoms with Gasteiger partial charge in [-0.1, -0.05) is 41.5 Å². The average Bonchev–Trinajstić information content (AvgIpc) is 2.73. The van der Waals surface area contributed by atoms with Gasteiger partial charge < -0.3 is 49.4 Å². The molecule has 0 saturated carbocycles. The van der Waals surface area contributed by atoms with E-state index >= 15 is 0 Å². The number of rotatable bonds is 6. The van der Waals surface area contributed by atoms with Crippen LogP contribution in [0.2, 0.25) is 49.4 Å². The third-order valence-electron chi connectivity index (χ3n) is 6.51. The minimum atomic E-state index is -3.50. The fraction of sp³-hybridized carbons (Fsp3) is 1.00. The van der Waals surface area contributed by atoms with Gasteiger partial charge in [0.25, 0.3) is 0 Å². The lowest BCUT2D eigenvalue weighted by molar-refractivity contribution is -0.0258. The molecule has 6 heterocycles. The molecule has 0 spiro atoms. The van der Waals surface area contributed by atoms with E-state index in [9.17, 15) is 0 Å². The summed E-state index contributed by atoms with van der Waals surface area (Å²) in [5.74, 6) is 0. The fourth-order valence-corrected chi connectivity index (χ4v) is 53.2. The van der Waals surface area contributed by atoms with Crippen molar-refractivity contribution in [1.29, 1.82) is 0 Å². The van der Waals surface area contributed by atoms with Gasteiger partial charge in [0.05, 0.1) is 0 Å². The molecule has 6 rings (SSSR count). The molecule has 20 heteroatoms. The van der Waals surface area contributed by atoms with Crippen molar-refractivity contribution in [3.63, 3.8) is 0 Å². The van der Waals surface area contributed by atoms with Crippen molar-refractivity contribution in [2.45, 2.75) is 90.9 Å². The first-order valence-electron chi connectivity index (χ1n) is 12.3. The van der Waals surface area contributed by atoms with E-state index < -0.39 is 70.4 Å². The van der Waals surface area contributed by atoms with Gasteiger partial charge in [-0.3, -0.25) is 0 Å². The standard InChI is InChI=1S/C14H36O12Si8/c1-9-29-15-27(7)17-30(10-2)18-28(8,16-29)20-32(12-4)24-33(13-5,21-29)23-31(11-3,19-27)25-34(14-6,22-30)26-32/h9-14H2,1-8H3. The first-order chi connectivity index (χ1) is 15.8. The van der Waals surface area contributed by atoms with Gasteiger partial charge in [-0.05, 0) is 0 Å². The van der Waals surface area contributed by atoms with Crippen molar-refractivity contribution in [3.8, 4) is 0 Å². The Hall–Kier alpha value is 1.26. The van der Waals surface area contributed by atoms with E-state index in [1.54, 1.807) is 0 Å². The van der Waals surface area contributed by atoms with Gasteiger partial charge in [0.2, 0.25) is 0 Å². The summed E-state index contributed by atoms with van der Waals surface area (Å²) in [5, 5.41) is 0. The minimum Gasteiger partial charge on any atom is -0.373 e. The van der Waals surface area contributed by atoms with Gasteiger partial charge in [0.1, 0.15) is 0 Å².